The quantitative estimate of drug-likeness (QED) is 0.321. The van der Waals surface area contributed by atoms with Crippen molar-refractivity contribution >= 4 is 33.9 Å². The summed E-state index contributed by atoms with van der Waals surface area (Å²) in [6.45, 7) is 9.12. The van der Waals surface area contributed by atoms with Gasteiger partial charge in [-0.05, 0) is 0 Å². The fraction of sp³-hybridized carbons (Fsp3) is 0.250. The van der Waals surface area contributed by atoms with Crippen molar-refractivity contribution in [1.29, 1.82) is 0 Å². The number of carbonyl (C=O) groups excluding carboxylic acids is 1. The van der Waals surface area contributed by atoms with Crippen LogP contribution in [0, 0.1) is 6.58 Å². The van der Waals surface area contributed by atoms with Crippen molar-refractivity contribution in [2.45, 2.75) is 13.8 Å². The number of hydrogen-bond donors (Lipinski definition) is 0. The summed E-state index contributed by atoms with van der Waals surface area (Å²) in [6.07, 6.45) is 0.532. The Morgan fingerprint density at radius 2 is 1.83 bits per heavy atom. The monoisotopic (exact) mass is 375 g/mol. The molecule has 1 nitrogen and oxygen atoms in total. The van der Waals surface area contributed by atoms with Crippen LogP contribution in [0.3, 0.4) is 0 Å². The number of hydrogen-bond acceptors (Lipinski definition) is 1. The molecule has 0 aliphatic rings. The number of halogens is 2. The molecule has 0 spiro atoms. The van der Waals surface area contributed by atoms with E-state index in [-0.39, 0.29) is 10.6 Å². The van der Waals surface area contributed by atoms with E-state index in [2.05, 4.69) is 0 Å². The second-order valence-electron chi connectivity index (χ2n) is 1.35. The number of allylic oxidation sites excluding steroid dienone is 3. The van der Waals surface area contributed by atoms with Gasteiger partial charge >= 0.3 is 80.3 Å². The molecule has 0 unspecified atom stereocenters. The van der Waals surface area contributed by atoms with Crippen molar-refractivity contribution in [2.24, 2.45) is 0 Å². The van der Waals surface area contributed by atoms with E-state index in [0.717, 1.165) is 19.4 Å². The van der Waals surface area contributed by atoms with Crippen LogP contribution in [0.5, 0.6) is 0 Å². The molecule has 0 rings (SSSR count). The first-order valence-corrected chi connectivity index (χ1v) is 5.66. The molecule has 12 heavy (non-hydrogen) atoms. The van der Waals surface area contributed by atoms with Gasteiger partial charge in [0.25, 0.3) is 0 Å². The van der Waals surface area contributed by atoms with Crippen LogP contribution in [0.2, 0.25) is 0 Å². The molecule has 0 saturated carbocycles. The van der Waals surface area contributed by atoms with Gasteiger partial charge in [0.2, 0.25) is 0 Å². The van der Waals surface area contributed by atoms with E-state index in [1.807, 2.05) is 13.8 Å². The van der Waals surface area contributed by atoms with Crippen molar-refractivity contribution in [2.75, 3.05) is 0 Å². The van der Waals surface area contributed by atoms with Crippen LogP contribution in [-0.2, 0) is 24.1 Å². The maximum atomic E-state index is 10.2. The van der Waals surface area contributed by atoms with E-state index in [0.29, 0.717) is 11.3 Å². The minimum absolute atomic E-state index is 0.0718. The summed E-state index contributed by atoms with van der Waals surface area (Å²) in [7, 11) is 0. The van der Waals surface area contributed by atoms with E-state index >= 15 is 0 Å². The Bertz CT molecular complexity index is 209. The zero-order chi connectivity index (χ0) is 10.1. The molecule has 68 valence electrons. The van der Waals surface area contributed by atoms with E-state index in [9.17, 15) is 4.79 Å². The van der Waals surface area contributed by atoms with Gasteiger partial charge < -0.3 is 0 Å². The summed E-state index contributed by atoms with van der Waals surface area (Å²) in [5.41, 5.74) is 0.151. The van der Waals surface area contributed by atoms with E-state index in [1.54, 1.807) is 4.40 Å². The average molecular weight is 376 g/mol. The number of carbonyl (C=O) groups is 1. The number of aldehydes is 1. The first kappa shape index (κ1) is 14.8. The fourth-order valence-electron chi connectivity index (χ4n) is 0.290. The van der Waals surface area contributed by atoms with Gasteiger partial charge in [-0.15, -0.1) is 0 Å². The standard InChI is InChI=1S/C6H3Cl2O.C2H6.W/c1-4(7)6(3-9)5(2)8;1-2;/h1-3H;1-2H3;/q-1;;. The van der Waals surface area contributed by atoms with Crippen molar-refractivity contribution in [3.05, 3.63) is 22.2 Å². The molecule has 0 aliphatic heterocycles. The van der Waals surface area contributed by atoms with Gasteiger partial charge in [-0.25, -0.2) is 0 Å². The van der Waals surface area contributed by atoms with Crippen molar-refractivity contribution < 1.29 is 24.1 Å². The van der Waals surface area contributed by atoms with Crippen molar-refractivity contribution in [3.63, 3.8) is 0 Å². The van der Waals surface area contributed by atoms with Crippen LogP contribution in [0.15, 0.2) is 15.6 Å². The molecular formula is C8H9Cl2OW-. The zero-order valence-corrected chi connectivity index (χ0v) is 11.2. The van der Waals surface area contributed by atoms with Gasteiger partial charge in [-0.2, -0.15) is 0 Å². The molecule has 0 amide bonds. The molecule has 0 aromatic carbocycles. The van der Waals surface area contributed by atoms with Gasteiger partial charge in [0.05, 0.1) is 0 Å². The third-order valence-electron chi connectivity index (χ3n) is 0.736. The molecule has 4 heteroatoms. The molecule has 0 radical (unpaired) electrons. The van der Waals surface area contributed by atoms with Crippen LogP contribution in [0.4, 0.5) is 0 Å². The normalized spacial score (nSPS) is 10.3. The Hall–Kier alpha value is 0.288. The Morgan fingerprint density at radius 3 is 1.92 bits per heavy atom. The summed E-state index contributed by atoms with van der Waals surface area (Å²) >= 11 is 12.0. The second kappa shape index (κ2) is 9.38. The predicted molar refractivity (Wildman–Crippen MR) is 50.0 cm³/mol. The van der Waals surface area contributed by atoms with Crippen LogP contribution in [0.1, 0.15) is 13.8 Å². The summed E-state index contributed by atoms with van der Waals surface area (Å²) in [4.78, 5) is 10.2. The molecule has 0 atom stereocenters. The topological polar surface area (TPSA) is 17.1 Å². The predicted octanol–water partition coefficient (Wildman–Crippen LogP) is 2.61. The molecule has 0 aliphatic carbocycles. The third-order valence-corrected chi connectivity index (χ3v) is 2.62. The molecule has 0 aromatic heterocycles. The molecule has 0 saturated heterocycles. The Labute approximate surface area is 93.8 Å². The van der Waals surface area contributed by atoms with Gasteiger partial charge in [-0.1, -0.05) is 13.8 Å². The average Bonchev–Trinajstić information content (AvgIpc) is 2.08. The van der Waals surface area contributed by atoms with Crippen LogP contribution < -0.4 is 0 Å². The number of rotatable bonds is 3. The zero-order valence-electron chi connectivity index (χ0n) is 6.80. The van der Waals surface area contributed by atoms with Crippen molar-refractivity contribution in [3.8, 4) is 0 Å². The van der Waals surface area contributed by atoms with Gasteiger partial charge in [0, 0.05) is 0 Å². The second-order valence-corrected chi connectivity index (χ2v) is 3.01. The molecule has 0 heterocycles. The third kappa shape index (κ3) is 5.88. The van der Waals surface area contributed by atoms with E-state index in [4.69, 9.17) is 29.8 Å². The maximum absolute atomic E-state index is 10.2. The van der Waals surface area contributed by atoms with Gasteiger partial charge in [0.15, 0.2) is 0 Å². The molecule has 0 fully saturated rings. The molecular weight excluding hydrogens is 367 g/mol. The van der Waals surface area contributed by atoms with Crippen LogP contribution >= 0.6 is 23.2 Å². The van der Waals surface area contributed by atoms with Crippen LogP contribution in [0.25, 0.3) is 0 Å². The first-order valence-electron chi connectivity index (χ1n) is 3.22. The summed E-state index contributed by atoms with van der Waals surface area (Å²) < 4.78 is 1.63. The fourth-order valence-corrected chi connectivity index (χ4v) is 1.09. The van der Waals surface area contributed by atoms with Crippen LogP contribution in [-0.4, -0.2) is 10.7 Å². The Morgan fingerprint density at radius 1 is 1.42 bits per heavy atom. The SMILES string of the molecule is CC.[CH-]=C(Cl)C(C=O)=C(Cl)[CH]=[W]. The minimum atomic E-state index is -0.0718. The summed E-state index contributed by atoms with van der Waals surface area (Å²) in [6, 6.07) is 0. The molecule has 0 N–H and O–H groups in total. The van der Waals surface area contributed by atoms with Gasteiger partial charge in [-0.3, -0.25) is 0 Å². The van der Waals surface area contributed by atoms with E-state index < -0.39 is 0 Å². The van der Waals surface area contributed by atoms with E-state index in [1.165, 1.54) is 0 Å². The first-order chi connectivity index (χ1) is 5.63. The molecule has 0 aromatic rings. The Kier molecular flexibility index (Phi) is 11.6. The van der Waals surface area contributed by atoms with Crippen molar-refractivity contribution in [1.82, 2.24) is 0 Å². The van der Waals surface area contributed by atoms with Gasteiger partial charge in [0.1, 0.15) is 0 Å². The summed E-state index contributed by atoms with van der Waals surface area (Å²) in [5, 5.41) is 0.231. The summed E-state index contributed by atoms with van der Waals surface area (Å²) in [5.74, 6) is 0. The molecule has 0 bridgehead atoms. The Balaban J connectivity index is 0.